The van der Waals surface area contributed by atoms with E-state index >= 15 is 0 Å². The molecule has 2 rings (SSSR count). The lowest BCUT2D eigenvalue weighted by atomic mass is 10.0. The number of aromatic nitrogens is 1. The van der Waals surface area contributed by atoms with E-state index in [0.29, 0.717) is 10.3 Å². The highest BCUT2D eigenvalue weighted by atomic mass is 19.1. The van der Waals surface area contributed by atoms with Crippen LogP contribution in [0.5, 0.6) is 0 Å². The Hall–Kier alpha value is -2.78. The summed E-state index contributed by atoms with van der Waals surface area (Å²) in [5.41, 5.74) is -1.65. The summed E-state index contributed by atoms with van der Waals surface area (Å²) in [5.74, 6) is -0.802. The Balaban J connectivity index is 2.59. The minimum atomic E-state index is -1.32. The first kappa shape index (κ1) is 23.5. The summed E-state index contributed by atoms with van der Waals surface area (Å²) in [4.78, 5) is 30.2. The van der Waals surface area contributed by atoms with Gasteiger partial charge in [-0.1, -0.05) is 0 Å². The van der Waals surface area contributed by atoms with E-state index in [4.69, 9.17) is 9.47 Å². The number of aliphatic hydroxyl groups is 2. The van der Waals surface area contributed by atoms with Gasteiger partial charge in [0.05, 0.1) is 6.61 Å². The summed E-state index contributed by atoms with van der Waals surface area (Å²) in [5, 5.41) is 19.8. The van der Waals surface area contributed by atoms with E-state index in [1.165, 1.54) is 12.3 Å². The number of hydrogen-bond donors (Lipinski definition) is 2. The van der Waals surface area contributed by atoms with Gasteiger partial charge in [0.2, 0.25) is 0 Å². The van der Waals surface area contributed by atoms with Gasteiger partial charge < -0.3 is 19.7 Å². The molecule has 8 nitrogen and oxygen atoms in total. The van der Waals surface area contributed by atoms with Crippen LogP contribution in [0.2, 0.25) is 0 Å². The topological polar surface area (TPSA) is 109 Å². The monoisotopic (exact) mass is 422 g/mol. The van der Waals surface area contributed by atoms with E-state index in [1.807, 2.05) is 0 Å². The second-order valence-corrected chi connectivity index (χ2v) is 8.75. The van der Waals surface area contributed by atoms with Crippen molar-refractivity contribution in [3.8, 4) is 0 Å². The van der Waals surface area contributed by atoms with E-state index < -0.39 is 41.9 Å². The second kappa shape index (κ2) is 8.53. The number of hydrogen-bond acceptors (Lipinski definition) is 7. The summed E-state index contributed by atoms with van der Waals surface area (Å²) < 4.78 is 24.7. The summed E-state index contributed by atoms with van der Waals surface area (Å²) >= 11 is 0. The van der Waals surface area contributed by atoms with Crippen LogP contribution < -0.4 is 4.90 Å². The zero-order chi connectivity index (χ0) is 22.9. The van der Waals surface area contributed by atoms with Gasteiger partial charge in [0, 0.05) is 11.6 Å². The molecule has 2 amide bonds. The largest absolute Gasteiger partial charge is 0.443 e. The van der Waals surface area contributed by atoms with Crippen LogP contribution in [0.25, 0.3) is 10.8 Å². The lowest BCUT2D eigenvalue weighted by Crippen LogP contribution is -2.44. The van der Waals surface area contributed by atoms with E-state index in [1.54, 1.807) is 41.5 Å². The minimum absolute atomic E-state index is 0.132. The van der Waals surface area contributed by atoms with Crippen molar-refractivity contribution in [3.63, 3.8) is 0 Å². The summed E-state index contributed by atoms with van der Waals surface area (Å²) in [6.07, 6.45) is -2.05. The van der Waals surface area contributed by atoms with Crippen molar-refractivity contribution in [2.24, 2.45) is 0 Å². The number of ether oxygens (including phenoxy) is 2. The number of aliphatic hydroxyl groups excluding tert-OH is 2. The van der Waals surface area contributed by atoms with Gasteiger partial charge in [-0.25, -0.2) is 19.0 Å². The zero-order valence-corrected chi connectivity index (χ0v) is 17.9. The van der Waals surface area contributed by atoms with E-state index in [0.717, 1.165) is 12.1 Å². The number of halogens is 1. The van der Waals surface area contributed by atoms with Gasteiger partial charge in [-0.15, -0.1) is 0 Å². The van der Waals surface area contributed by atoms with Crippen molar-refractivity contribution in [1.29, 1.82) is 0 Å². The molecule has 0 saturated carbocycles. The molecule has 1 aromatic heterocycles. The first-order valence-electron chi connectivity index (χ1n) is 9.36. The number of anilines is 1. The van der Waals surface area contributed by atoms with E-state index in [2.05, 4.69) is 4.98 Å². The van der Waals surface area contributed by atoms with Crippen molar-refractivity contribution in [2.45, 2.75) is 58.8 Å². The Morgan fingerprint density at radius 1 is 1.07 bits per heavy atom. The Labute approximate surface area is 174 Å². The average Bonchev–Trinajstić information content (AvgIpc) is 2.56. The number of pyridine rings is 1. The number of carbonyl (C=O) groups excluding carboxylic acids is 2. The van der Waals surface area contributed by atoms with Gasteiger partial charge in [0.15, 0.2) is 0 Å². The van der Waals surface area contributed by atoms with Crippen LogP contribution in [-0.2, 0) is 9.47 Å². The Bertz CT molecular complexity index is 921. The normalized spacial score (nSPS) is 13.1. The lowest BCUT2D eigenvalue weighted by Gasteiger charge is -2.28. The fourth-order valence-corrected chi connectivity index (χ4v) is 2.61. The molecule has 9 heteroatoms. The Kier molecular flexibility index (Phi) is 6.68. The van der Waals surface area contributed by atoms with Crippen LogP contribution in [0.1, 0.15) is 53.2 Å². The first-order valence-corrected chi connectivity index (χ1v) is 9.36. The fourth-order valence-electron chi connectivity index (χ4n) is 2.61. The smallest absolute Gasteiger partial charge is 0.425 e. The molecule has 0 bridgehead atoms. The highest BCUT2D eigenvalue weighted by Crippen LogP contribution is 2.29. The molecule has 0 saturated heterocycles. The summed E-state index contributed by atoms with van der Waals surface area (Å²) in [6, 6.07) is 3.56. The third kappa shape index (κ3) is 5.87. The number of nitrogens with zero attached hydrogens (tertiary/aromatic N) is 2. The summed E-state index contributed by atoms with van der Waals surface area (Å²) in [7, 11) is 0. The third-order valence-corrected chi connectivity index (χ3v) is 3.73. The molecule has 0 radical (unpaired) electrons. The van der Waals surface area contributed by atoms with Crippen molar-refractivity contribution in [3.05, 3.63) is 35.8 Å². The molecule has 1 heterocycles. The maximum atomic E-state index is 14.1. The van der Waals surface area contributed by atoms with Gasteiger partial charge in [0.1, 0.15) is 28.9 Å². The molecule has 1 aromatic carbocycles. The predicted molar refractivity (Wildman–Crippen MR) is 109 cm³/mol. The average molecular weight is 422 g/mol. The quantitative estimate of drug-likeness (QED) is 0.767. The molecule has 0 aliphatic heterocycles. The number of fused-ring (bicyclic) bond motifs is 1. The number of rotatable bonds is 3. The van der Waals surface area contributed by atoms with Gasteiger partial charge in [-0.3, -0.25) is 0 Å². The van der Waals surface area contributed by atoms with Crippen LogP contribution >= 0.6 is 0 Å². The molecule has 2 N–H and O–H groups in total. The molecule has 1 atom stereocenters. The van der Waals surface area contributed by atoms with Crippen LogP contribution in [-0.4, -0.2) is 45.2 Å². The molecule has 0 aliphatic carbocycles. The van der Waals surface area contributed by atoms with Crippen molar-refractivity contribution >= 4 is 28.8 Å². The molecule has 2 aromatic rings. The molecule has 30 heavy (non-hydrogen) atoms. The van der Waals surface area contributed by atoms with E-state index in [9.17, 15) is 24.2 Å². The number of imide groups is 1. The Morgan fingerprint density at radius 3 is 2.07 bits per heavy atom. The standard InChI is InChI=1S/C21H27FN2O6/c1-20(2,3)29-18(27)24(19(28)30-21(4,5)6)17-8-12-7-13(22)9-14(16(26)11-25)15(12)10-23-17/h7-10,16,25-26H,11H2,1-6H3. The highest BCUT2D eigenvalue weighted by Gasteiger charge is 2.33. The van der Waals surface area contributed by atoms with Gasteiger partial charge in [-0.2, -0.15) is 4.90 Å². The molecule has 0 fully saturated rings. The van der Waals surface area contributed by atoms with Crippen molar-refractivity contribution in [1.82, 2.24) is 4.98 Å². The lowest BCUT2D eigenvalue weighted by molar-refractivity contribution is 0.0429. The number of carbonyl (C=O) groups is 2. The second-order valence-electron chi connectivity index (χ2n) is 8.75. The van der Waals surface area contributed by atoms with Gasteiger partial charge >= 0.3 is 12.2 Å². The molecule has 0 spiro atoms. The molecule has 164 valence electrons. The summed E-state index contributed by atoms with van der Waals surface area (Å²) in [6.45, 7) is 9.25. The molecule has 1 unspecified atom stereocenters. The molecular formula is C21H27FN2O6. The van der Waals surface area contributed by atoms with Crippen LogP contribution in [0, 0.1) is 5.82 Å². The number of benzene rings is 1. The minimum Gasteiger partial charge on any atom is -0.443 e. The fraction of sp³-hybridized carbons (Fsp3) is 0.476. The maximum absolute atomic E-state index is 14.1. The van der Waals surface area contributed by atoms with Crippen molar-refractivity contribution in [2.75, 3.05) is 11.5 Å². The third-order valence-electron chi connectivity index (χ3n) is 3.73. The maximum Gasteiger partial charge on any atom is 0.425 e. The predicted octanol–water partition coefficient (Wildman–Crippen LogP) is 4.08. The molecular weight excluding hydrogens is 395 g/mol. The van der Waals surface area contributed by atoms with Crippen LogP contribution in [0.3, 0.4) is 0 Å². The van der Waals surface area contributed by atoms with Gasteiger partial charge in [-0.05, 0) is 70.7 Å². The Morgan fingerprint density at radius 2 is 1.60 bits per heavy atom. The number of amides is 2. The van der Waals surface area contributed by atoms with Crippen molar-refractivity contribution < 1.29 is 33.7 Å². The van der Waals surface area contributed by atoms with Crippen LogP contribution in [0.4, 0.5) is 19.8 Å². The zero-order valence-electron chi connectivity index (χ0n) is 17.9. The van der Waals surface area contributed by atoms with E-state index in [-0.39, 0.29) is 16.8 Å². The highest BCUT2D eigenvalue weighted by molar-refractivity contribution is 6.09. The first-order chi connectivity index (χ1) is 13.7. The van der Waals surface area contributed by atoms with Gasteiger partial charge in [0.25, 0.3) is 0 Å². The SMILES string of the molecule is CC(C)(C)OC(=O)N(C(=O)OC(C)(C)C)c1cc2cc(F)cc(C(O)CO)c2cn1. The molecule has 0 aliphatic rings. The van der Waals surface area contributed by atoms with Crippen LogP contribution in [0.15, 0.2) is 24.4 Å².